The molecule has 0 aliphatic carbocycles. The standard InChI is InChI=1S/2C4H6N2O.C2H6N2O.C2H4O2.2CH5N.3CH4.H3N/c2*1-3-5-4(2)7-6-3;1-2(3)4-5;1-2(3)4;2*1-2;;;;/h2*1-2H3;5H,1H3,(H2,3,4);1H3,(H,3,4);2*2H2,1H3;3*1H4;1H3. The molecule has 0 saturated carbocycles. The van der Waals surface area contributed by atoms with E-state index in [0.29, 0.717) is 23.4 Å². The number of aromatic nitrogens is 4. The van der Waals surface area contributed by atoms with Crippen LogP contribution in [0.4, 0.5) is 0 Å². The molecule has 0 bridgehead atoms. The quantitative estimate of drug-likeness (QED) is 0.144. The van der Waals surface area contributed by atoms with E-state index in [9.17, 15) is 0 Å². The van der Waals surface area contributed by atoms with Crippen molar-refractivity contribution in [2.24, 2.45) is 22.4 Å². The van der Waals surface area contributed by atoms with Crippen LogP contribution in [0.1, 0.15) is 59.6 Å². The van der Waals surface area contributed by atoms with Crippen molar-refractivity contribution >= 4 is 11.8 Å². The molecule has 0 aliphatic rings. The molecule has 0 fully saturated rings. The van der Waals surface area contributed by atoms with E-state index in [2.05, 4.69) is 46.0 Å². The Balaban J connectivity index is -0.0000000352. The van der Waals surface area contributed by atoms with Crippen LogP contribution in [0.25, 0.3) is 0 Å². The average Bonchev–Trinajstić information content (AvgIpc) is 3.18. The van der Waals surface area contributed by atoms with Gasteiger partial charge in [0.15, 0.2) is 11.6 Å². The van der Waals surface area contributed by atoms with Gasteiger partial charge in [0.25, 0.3) is 5.97 Å². The van der Waals surface area contributed by atoms with Crippen molar-refractivity contribution in [2.45, 2.75) is 63.8 Å². The van der Waals surface area contributed by atoms with Gasteiger partial charge in [0.1, 0.15) is 5.84 Å². The summed E-state index contributed by atoms with van der Waals surface area (Å²) in [5.41, 5.74) is 13.8. The van der Waals surface area contributed by atoms with Gasteiger partial charge in [-0.15, -0.1) is 0 Å². The molecule has 31 heavy (non-hydrogen) atoms. The third kappa shape index (κ3) is 58.4. The molecule has 2 aromatic heterocycles. The first kappa shape index (κ1) is 51.0. The smallest absolute Gasteiger partial charge is 0.300 e. The molecule has 0 atom stereocenters. The van der Waals surface area contributed by atoms with Crippen LogP contribution in [0.2, 0.25) is 0 Å². The van der Waals surface area contributed by atoms with E-state index < -0.39 is 5.97 Å². The fourth-order valence-corrected chi connectivity index (χ4v) is 0.802. The molecule has 11 N–H and O–H groups in total. The Morgan fingerprint density at radius 1 is 0.839 bits per heavy atom. The summed E-state index contributed by atoms with van der Waals surface area (Å²) >= 11 is 0. The first-order chi connectivity index (χ1) is 12.6. The predicted octanol–water partition coefficient (Wildman–Crippen LogP) is 2.44. The highest BCUT2D eigenvalue weighted by atomic mass is 16.5. The number of amidine groups is 1. The molecule has 190 valence electrons. The molecule has 14 heteroatoms. The number of carboxylic acid groups (broad SMARTS) is 1. The lowest BCUT2D eigenvalue weighted by Gasteiger charge is -1.73. The zero-order valence-corrected chi connectivity index (χ0v) is 17.8. The van der Waals surface area contributed by atoms with Gasteiger partial charge in [-0.3, -0.25) is 4.79 Å². The van der Waals surface area contributed by atoms with E-state index in [-0.39, 0.29) is 34.3 Å². The summed E-state index contributed by atoms with van der Waals surface area (Å²) in [7, 11) is 3.00. The van der Waals surface area contributed by atoms with Crippen molar-refractivity contribution in [3.05, 3.63) is 23.4 Å². The zero-order chi connectivity index (χ0) is 22.4. The van der Waals surface area contributed by atoms with Crippen LogP contribution in [0.5, 0.6) is 0 Å². The Morgan fingerprint density at radius 3 is 1.06 bits per heavy atom. The second-order valence-corrected chi connectivity index (χ2v) is 3.98. The molecule has 2 aromatic rings. The van der Waals surface area contributed by atoms with Gasteiger partial charge in [-0.25, -0.2) is 0 Å². The van der Waals surface area contributed by atoms with E-state index in [1.807, 2.05) is 0 Å². The summed E-state index contributed by atoms with van der Waals surface area (Å²) < 4.78 is 9.21. The maximum Gasteiger partial charge on any atom is 0.300 e. The molecular formula is C17H47N9O5. The Kier molecular flexibility index (Phi) is 61.9. The lowest BCUT2D eigenvalue weighted by atomic mass is 10.7. The van der Waals surface area contributed by atoms with E-state index in [0.717, 1.165) is 6.92 Å². The van der Waals surface area contributed by atoms with Gasteiger partial charge in [0.05, 0.1) is 0 Å². The van der Waals surface area contributed by atoms with E-state index in [4.69, 9.17) is 20.8 Å². The molecule has 2 heterocycles. The minimum absolute atomic E-state index is 0. The highest BCUT2D eigenvalue weighted by Gasteiger charge is 1.90. The molecule has 0 saturated heterocycles. The van der Waals surface area contributed by atoms with Crippen molar-refractivity contribution in [2.75, 3.05) is 14.1 Å². The van der Waals surface area contributed by atoms with Crippen LogP contribution < -0.4 is 23.4 Å². The van der Waals surface area contributed by atoms with Gasteiger partial charge in [-0.05, 0) is 34.9 Å². The molecule has 0 unspecified atom stereocenters. The molecule has 0 amide bonds. The van der Waals surface area contributed by atoms with Crippen LogP contribution in [0, 0.1) is 27.7 Å². The van der Waals surface area contributed by atoms with Gasteiger partial charge in [-0.2, -0.15) is 9.97 Å². The third-order valence-corrected chi connectivity index (χ3v) is 1.42. The van der Waals surface area contributed by atoms with Crippen molar-refractivity contribution in [1.29, 1.82) is 0 Å². The summed E-state index contributed by atoms with van der Waals surface area (Å²) in [6, 6.07) is 0. The molecule has 2 rings (SSSR count). The number of hydrogen-bond acceptors (Lipinski definition) is 12. The number of aliphatic carboxylic acids is 1. The van der Waals surface area contributed by atoms with Gasteiger partial charge in [0, 0.05) is 20.8 Å². The normalized spacial score (nSPS) is 7.35. The SMILES string of the molecule is C.C.C.C/C(N)=N/O.CC(=O)O.CN.CN.Cc1noc(C)n1.Cc1noc(C)n1.N. The first-order valence-electron chi connectivity index (χ1n) is 7.41. The molecule has 0 aliphatic heterocycles. The van der Waals surface area contributed by atoms with Crippen molar-refractivity contribution in [3.8, 4) is 0 Å². The second-order valence-electron chi connectivity index (χ2n) is 3.98. The van der Waals surface area contributed by atoms with Crippen molar-refractivity contribution in [3.63, 3.8) is 0 Å². The summed E-state index contributed by atoms with van der Waals surface area (Å²) in [6.07, 6.45) is 0. The summed E-state index contributed by atoms with van der Waals surface area (Å²) in [4.78, 5) is 16.7. The average molecular weight is 458 g/mol. The Bertz CT molecular complexity index is 523. The minimum atomic E-state index is -0.833. The summed E-state index contributed by atoms with van der Waals surface area (Å²) in [5, 5.41) is 24.7. The lowest BCUT2D eigenvalue weighted by Crippen LogP contribution is -2.03. The van der Waals surface area contributed by atoms with Crippen LogP contribution in [-0.4, -0.2) is 56.5 Å². The number of aryl methyl sites for hydroxylation is 4. The third-order valence-electron chi connectivity index (χ3n) is 1.42. The monoisotopic (exact) mass is 457 g/mol. The maximum absolute atomic E-state index is 9.00. The molecular weight excluding hydrogens is 410 g/mol. The number of carbonyl (C=O) groups is 1. The predicted molar refractivity (Wildman–Crippen MR) is 125 cm³/mol. The second kappa shape index (κ2) is 37.6. The highest BCUT2D eigenvalue weighted by Crippen LogP contribution is 1.90. The maximum atomic E-state index is 9.00. The van der Waals surface area contributed by atoms with Crippen LogP contribution >= 0.6 is 0 Å². The summed E-state index contributed by atoms with van der Waals surface area (Å²) in [5.74, 6) is 1.98. The molecule has 14 nitrogen and oxygen atoms in total. The summed E-state index contributed by atoms with van der Waals surface area (Å²) in [6.45, 7) is 9.69. The first-order valence-corrected chi connectivity index (χ1v) is 7.41. The number of nitrogens with zero attached hydrogens (tertiary/aromatic N) is 5. The Hall–Kier alpha value is -3.10. The number of rotatable bonds is 0. The number of hydrogen-bond donors (Lipinski definition) is 6. The van der Waals surface area contributed by atoms with Crippen molar-refractivity contribution < 1.29 is 24.2 Å². The van der Waals surface area contributed by atoms with Gasteiger partial charge in [0.2, 0.25) is 11.8 Å². The molecule has 0 aromatic carbocycles. The van der Waals surface area contributed by atoms with Gasteiger partial charge < -0.3 is 42.7 Å². The number of carboxylic acids is 1. The number of oxime groups is 1. The van der Waals surface area contributed by atoms with Gasteiger partial charge in [-0.1, -0.05) is 37.7 Å². The highest BCUT2D eigenvalue weighted by molar-refractivity contribution is 5.76. The topological polar surface area (TPSA) is 261 Å². The Labute approximate surface area is 186 Å². The van der Waals surface area contributed by atoms with Crippen molar-refractivity contribution in [1.82, 2.24) is 26.4 Å². The Morgan fingerprint density at radius 2 is 1.03 bits per heavy atom. The zero-order valence-electron chi connectivity index (χ0n) is 17.8. The lowest BCUT2D eigenvalue weighted by molar-refractivity contribution is -0.134. The van der Waals surface area contributed by atoms with Crippen LogP contribution in [0.15, 0.2) is 14.2 Å². The molecule has 0 spiro atoms. The molecule has 0 radical (unpaired) electrons. The van der Waals surface area contributed by atoms with E-state index >= 15 is 0 Å². The van der Waals surface area contributed by atoms with E-state index in [1.165, 1.54) is 21.0 Å². The van der Waals surface area contributed by atoms with Gasteiger partial charge >= 0.3 is 0 Å². The van der Waals surface area contributed by atoms with Crippen LogP contribution in [0.3, 0.4) is 0 Å². The minimum Gasteiger partial charge on any atom is -0.481 e. The largest absolute Gasteiger partial charge is 0.481 e. The van der Waals surface area contributed by atoms with Crippen LogP contribution in [-0.2, 0) is 4.79 Å². The number of nitrogens with two attached hydrogens (primary N) is 3. The fraction of sp³-hybridized carbons (Fsp3) is 0.647. The van der Waals surface area contributed by atoms with E-state index in [1.54, 1.807) is 27.7 Å². The fourth-order valence-electron chi connectivity index (χ4n) is 0.802.